The van der Waals surface area contributed by atoms with E-state index in [2.05, 4.69) is 0 Å². The predicted molar refractivity (Wildman–Crippen MR) is 61.8 cm³/mol. The molecule has 0 spiro atoms. The Labute approximate surface area is 107 Å². The summed E-state index contributed by atoms with van der Waals surface area (Å²) in [6, 6.07) is -1.12. The Kier molecular flexibility index (Phi) is 5.79. The molecule has 1 saturated heterocycles. The molecule has 6 unspecified atom stereocenters. The maximum Gasteiger partial charge on any atom is 0.321 e. The van der Waals surface area contributed by atoms with E-state index in [0.717, 1.165) is 11.8 Å². The fourth-order valence-corrected chi connectivity index (χ4v) is 2.59. The third kappa shape index (κ3) is 3.54. The monoisotopic (exact) mass is 283 g/mol. The third-order valence-electron chi connectivity index (χ3n) is 2.61. The lowest BCUT2D eigenvalue weighted by molar-refractivity contribution is -0.205. The smallest absolute Gasteiger partial charge is 0.321 e. The number of thioether (sulfide) groups is 1. The zero-order valence-electron chi connectivity index (χ0n) is 9.42. The van der Waals surface area contributed by atoms with Crippen molar-refractivity contribution in [3.63, 3.8) is 0 Å². The van der Waals surface area contributed by atoms with E-state index in [9.17, 15) is 20.1 Å². The molecule has 106 valence electrons. The van der Waals surface area contributed by atoms with Gasteiger partial charge in [-0.3, -0.25) is 4.79 Å². The molecule has 0 bridgehead atoms. The van der Waals surface area contributed by atoms with Crippen LogP contribution in [0.5, 0.6) is 0 Å². The van der Waals surface area contributed by atoms with Crippen LogP contribution in [0.4, 0.5) is 0 Å². The second kappa shape index (κ2) is 6.66. The molecule has 1 heterocycles. The molecule has 0 aliphatic carbocycles. The summed E-state index contributed by atoms with van der Waals surface area (Å²) in [6.45, 7) is -0.521. The number of aliphatic hydroxyl groups is 4. The Morgan fingerprint density at radius 1 is 1.28 bits per heavy atom. The topological polar surface area (TPSA) is 153 Å². The number of hydrogen-bond donors (Lipinski definition) is 6. The van der Waals surface area contributed by atoms with Crippen molar-refractivity contribution in [1.82, 2.24) is 0 Å². The number of nitrogens with two attached hydrogens (primary N) is 1. The zero-order valence-corrected chi connectivity index (χ0v) is 10.2. The number of carboxylic acids is 1. The largest absolute Gasteiger partial charge is 0.480 e. The minimum atomic E-state index is -1.46. The molecule has 1 aliphatic heterocycles. The third-order valence-corrected chi connectivity index (χ3v) is 3.88. The molecular formula is C9H17NO7S. The van der Waals surface area contributed by atoms with Gasteiger partial charge in [0.05, 0.1) is 6.61 Å². The molecule has 0 aromatic rings. The highest BCUT2D eigenvalue weighted by Gasteiger charge is 2.43. The number of aliphatic hydroxyl groups excluding tert-OH is 4. The molecule has 8 nitrogen and oxygen atoms in total. The number of hydrogen-bond acceptors (Lipinski definition) is 8. The number of rotatable bonds is 5. The van der Waals surface area contributed by atoms with Crippen LogP contribution in [0.2, 0.25) is 0 Å². The van der Waals surface area contributed by atoms with Crippen LogP contribution < -0.4 is 5.73 Å². The zero-order chi connectivity index (χ0) is 13.9. The molecule has 1 aliphatic rings. The van der Waals surface area contributed by atoms with Crippen LogP contribution in [0, 0.1) is 0 Å². The molecule has 0 saturated carbocycles. The molecule has 9 heteroatoms. The first kappa shape index (κ1) is 15.6. The molecule has 1 fully saturated rings. The van der Waals surface area contributed by atoms with Crippen molar-refractivity contribution in [2.24, 2.45) is 5.73 Å². The molecule has 1 rings (SSSR count). The van der Waals surface area contributed by atoms with E-state index < -0.39 is 48.5 Å². The Morgan fingerprint density at radius 2 is 1.89 bits per heavy atom. The summed E-state index contributed by atoms with van der Waals surface area (Å²) in [6.07, 6.45) is -5.26. The van der Waals surface area contributed by atoms with Gasteiger partial charge in [-0.05, 0) is 0 Å². The van der Waals surface area contributed by atoms with Crippen molar-refractivity contribution in [3.8, 4) is 0 Å². The summed E-state index contributed by atoms with van der Waals surface area (Å²) in [7, 11) is 0. The maximum atomic E-state index is 10.5. The normalized spacial score (nSPS) is 38.4. The van der Waals surface area contributed by atoms with Crippen LogP contribution in [0.1, 0.15) is 0 Å². The minimum Gasteiger partial charge on any atom is -0.480 e. The van der Waals surface area contributed by atoms with Gasteiger partial charge in [0.1, 0.15) is 35.9 Å². The lowest BCUT2D eigenvalue weighted by Gasteiger charge is -2.39. The van der Waals surface area contributed by atoms with Crippen LogP contribution >= 0.6 is 11.8 Å². The molecule has 7 N–H and O–H groups in total. The Hall–Kier alpha value is -0.420. The first-order valence-corrected chi connectivity index (χ1v) is 6.33. The van der Waals surface area contributed by atoms with Crippen molar-refractivity contribution in [2.75, 3.05) is 12.4 Å². The lowest BCUT2D eigenvalue weighted by Crippen LogP contribution is -2.57. The first-order chi connectivity index (χ1) is 8.38. The highest BCUT2D eigenvalue weighted by atomic mass is 32.2. The van der Waals surface area contributed by atoms with E-state index in [0.29, 0.717) is 0 Å². The van der Waals surface area contributed by atoms with E-state index in [1.807, 2.05) is 0 Å². The fraction of sp³-hybridized carbons (Fsp3) is 0.889. The summed E-state index contributed by atoms with van der Waals surface area (Å²) >= 11 is 0.907. The van der Waals surface area contributed by atoms with E-state index in [-0.39, 0.29) is 5.75 Å². The van der Waals surface area contributed by atoms with Crippen LogP contribution in [0.3, 0.4) is 0 Å². The van der Waals surface area contributed by atoms with Gasteiger partial charge in [-0.2, -0.15) is 0 Å². The highest BCUT2D eigenvalue weighted by molar-refractivity contribution is 7.99. The fourth-order valence-electron chi connectivity index (χ4n) is 1.47. The van der Waals surface area contributed by atoms with Gasteiger partial charge in [0.2, 0.25) is 0 Å². The quantitative estimate of drug-likeness (QED) is 0.308. The van der Waals surface area contributed by atoms with Gasteiger partial charge >= 0.3 is 5.97 Å². The number of carboxylic acid groups (broad SMARTS) is 1. The number of aliphatic carboxylic acids is 1. The average Bonchev–Trinajstić information content (AvgIpc) is 2.34. The molecule has 0 radical (unpaired) electrons. The van der Waals surface area contributed by atoms with E-state index in [1.165, 1.54) is 0 Å². The van der Waals surface area contributed by atoms with E-state index >= 15 is 0 Å². The van der Waals surface area contributed by atoms with Gasteiger partial charge in [0, 0.05) is 5.75 Å². The maximum absolute atomic E-state index is 10.5. The van der Waals surface area contributed by atoms with Crippen molar-refractivity contribution in [3.05, 3.63) is 0 Å². The van der Waals surface area contributed by atoms with Gasteiger partial charge < -0.3 is 36.0 Å². The van der Waals surface area contributed by atoms with Crippen molar-refractivity contribution in [1.29, 1.82) is 0 Å². The summed E-state index contributed by atoms with van der Waals surface area (Å²) in [5, 5.41) is 46.2. The molecule has 0 aromatic heterocycles. The molecule has 0 aromatic carbocycles. The predicted octanol–water partition coefficient (Wildman–Crippen LogP) is -3.07. The molecule has 18 heavy (non-hydrogen) atoms. The van der Waals surface area contributed by atoms with Gasteiger partial charge in [0.25, 0.3) is 0 Å². The number of carbonyl (C=O) groups is 1. The van der Waals surface area contributed by atoms with Gasteiger partial charge in [-0.15, -0.1) is 11.8 Å². The average molecular weight is 283 g/mol. The molecular weight excluding hydrogens is 266 g/mol. The van der Waals surface area contributed by atoms with Crippen LogP contribution in [-0.4, -0.2) is 79.8 Å². The standard InChI is InChI=1S/C9H17NO7S/c10-3(8(15)16)2-18-9-7(14)6(13)5(12)4(1-11)17-9/h3-7,9,11-14H,1-2,10H2,(H,15,16). The van der Waals surface area contributed by atoms with Crippen LogP contribution in [0.25, 0.3) is 0 Å². The van der Waals surface area contributed by atoms with E-state index in [1.54, 1.807) is 0 Å². The van der Waals surface area contributed by atoms with Crippen molar-refractivity contribution < 1.29 is 35.1 Å². The summed E-state index contributed by atoms with van der Waals surface area (Å²) in [5.74, 6) is -1.22. The van der Waals surface area contributed by atoms with E-state index in [4.69, 9.17) is 20.7 Å². The molecule has 6 atom stereocenters. The van der Waals surface area contributed by atoms with Gasteiger partial charge in [0.15, 0.2) is 0 Å². The van der Waals surface area contributed by atoms with Crippen LogP contribution in [0.15, 0.2) is 0 Å². The summed E-state index contributed by atoms with van der Waals surface area (Å²) < 4.78 is 5.17. The second-order valence-corrected chi connectivity index (χ2v) is 5.11. The Morgan fingerprint density at radius 3 is 2.39 bits per heavy atom. The Balaban J connectivity index is 2.56. The SMILES string of the molecule is NC(CSC1OC(CO)C(O)C(O)C1O)C(=O)O. The summed E-state index contributed by atoms with van der Waals surface area (Å²) in [5.41, 5.74) is 4.34. The minimum absolute atomic E-state index is 0.0297. The van der Waals surface area contributed by atoms with Gasteiger partial charge in [-0.1, -0.05) is 0 Å². The second-order valence-electron chi connectivity index (χ2n) is 3.98. The first-order valence-electron chi connectivity index (χ1n) is 5.29. The Bertz CT molecular complexity index is 290. The van der Waals surface area contributed by atoms with Crippen LogP contribution in [-0.2, 0) is 9.53 Å². The lowest BCUT2D eigenvalue weighted by atomic mass is 10.0. The van der Waals surface area contributed by atoms with Crippen molar-refractivity contribution >= 4 is 17.7 Å². The molecule has 0 amide bonds. The van der Waals surface area contributed by atoms with Crippen molar-refractivity contribution in [2.45, 2.75) is 35.9 Å². The van der Waals surface area contributed by atoms with Gasteiger partial charge in [-0.25, -0.2) is 0 Å². The highest BCUT2D eigenvalue weighted by Crippen LogP contribution is 2.28. The summed E-state index contributed by atoms with van der Waals surface area (Å²) in [4.78, 5) is 10.5. The number of ether oxygens (including phenoxy) is 1.